The summed E-state index contributed by atoms with van der Waals surface area (Å²) in [5.74, 6) is -3.03. The number of carboxylic acid groups (broad SMARTS) is 1. The SMILES string of the molecule is O=C(O)c1cc(CS(=O)(=O)c2ccccc2F)on1. The van der Waals surface area contributed by atoms with E-state index in [1.165, 1.54) is 12.1 Å². The molecule has 0 unspecified atom stereocenters. The number of benzene rings is 1. The number of sulfone groups is 1. The van der Waals surface area contributed by atoms with E-state index >= 15 is 0 Å². The van der Waals surface area contributed by atoms with E-state index in [-0.39, 0.29) is 5.76 Å². The Kier molecular flexibility index (Phi) is 3.34. The van der Waals surface area contributed by atoms with Gasteiger partial charge in [-0.05, 0) is 12.1 Å². The quantitative estimate of drug-likeness (QED) is 0.913. The molecule has 0 aliphatic rings. The summed E-state index contributed by atoms with van der Waals surface area (Å²) in [7, 11) is -3.96. The summed E-state index contributed by atoms with van der Waals surface area (Å²) in [5.41, 5.74) is -0.404. The number of carboxylic acids is 1. The lowest BCUT2D eigenvalue weighted by molar-refractivity contribution is 0.0685. The molecule has 0 bridgehead atoms. The van der Waals surface area contributed by atoms with E-state index in [0.29, 0.717) is 0 Å². The Morgan fingerprint density at radius 2 is 2.05 bits per heavy atom. The molecule has 0 saturated carbocycles. The second kappa shape index (κ2) is 4.81. The van der Waals surface area contributed by atoms with Crippen molar-refractivity contribution in [2.45, 2.75) is 10.6 Å². The summed E-state index contributed by atoms with van der Waals surface area (Å²) >= 11 is 0. The molecule has 1 aromatic heterocycles. The lowest BCUT2D eigenvalue weighted by atomic mass is 10.3. The van der Waals surface area contributed by atoms with Crippen LogP contribution in [0.15, 0.2) is 39.8 Å². The highest BCUT2D eigenvalue weighted by Gasteiger charge is 2.22. The average molecular weight is 285 g/mol. The van der Waals surface area contributed by atoms with Crippen LogP contribution in [0.1, 0.15) is 16.2 Å². The predicted molar refractivity (Wildman–Crippen MR) is 60.8 cm³/mol. The minimum atomic E-state index is -3.96. The zero-order valence-corrected chi connectivity index (χ0v) is 10.2. The third-order valence-corrected chi connectivity index (χ3v) is 3.95. The van der Waals surface area contributed by atoms with E-state index in [4.69, 9.17) is 5.11 Å². The van der Waals surface area contributed by atoms with Crippen LogP contribution in [-0.2, 0) is 15.6 Å². The van der Waals surface area contributed by atoms with E-state index < -0.39 is 38.0 Å². The molecule has 2 aromatic rings. The van der Waals surface area contributed by atoms with Crippen LogP contribution in [0, 0.1) is 5.82 Å². The second-order valence-electron chi connectivity index (χ2n) is 3.67. The van der Waals surface area contributed by atoms with Crippen LogP contribution in [0.25, 0.3) is 0 Å². The molecule has 0 amide bonds. The van der Waals surface area contributed by atoms with Gasteiger partial charge in [-0.2, -0.15) is 0 Å². The molecule has 8 heteroatoms. The normalized spacial score (nSPS) is 11.4. The first kappa shape index (κ1) is 13.2. The Morgan fingerprint density at radius 1 is 1.37 bits per heavy atom. The fraction of sp³-hybridized carbons (Fsp3) is 0.0909. The third kappa shape index (κ3) is 2.79. The molecule has 0 aliphatic heterocycles. The second-order valence-corrected chi connectivity index (χ2v) is 5.63. The summed E-state index contributed by atoms with van der Waals surface area (Å²) in [4.78, 5) is 10.1. The van der Waals surface area contributed by atoms with E-state index in [0.717, 1.165) is 18.2 Å². The van der Waals surface area contributed by atoms with Gasteiger partial charge in [0.25, 0.3) is 0 Å². The first-order valence-corrected chi connectivity index (χ1v) is 6.71. The first-order chi connectivity index (χ1) is 8.90. The van der Waals surface area contributed by atoms with Gasteiger partial charge in [-0.25, -0.2) is 17.6 Å². The van der Waals surface area contributed by atoms with Gasteiger partial charge in [-0.1, -0.05) is 17.3 Å². The zero-order valence-electron chi connectivity index (χ0n) is 9.41. The van der Waals surface area contributed by atoms with Crippen molar-refractivity contribution in [1.29, 1.82) is 0 Å². The Balaban J connectivity index is 2.31. The molecular formula is C11H8FNO5S. The molecule has 1 N–H and O–H groups in total. The van der Waals surface area contributed by atoms with Gasteiger partial charge in [0.1, 0.15) is 16.5 Å². The Labute approximate surface area is 107 Å². The number of nitrogens with zero attached hydrogens (tertiary/aromatic N) is 1. The van der Waals surface area contributed by atoms with Crippen molar-refractivity contribution in [3.63, 3.8) is 0 Å². The van der Waals surface area contributed by atoms with Gasteiger partial charge < -0.3 is 9.63 Å². The van der Waals surface area contributed by atoms with E-state index in [2.05, 4.69) is 9.68 Å². The van der Waals surface area contributed by atoms with Crippen LogP contribution < -0.4 is 0 Å². The topological polar surface area (TPSA) is 97.5 Å². The fourth-order valence-electron chi connectivity index (χ4n) is 1.44. The lowest BCUT2D eigenvalue weighted by Crippen LogP contribution is -2.06. The molecule has 0 spiro atoms. The highest BCUT2D eigenvalue weighted by Crippen LogP contribution is 2.19. The van der Waals surface area contributed by atoms with Crippen LogP contribution in [0.5, 0.6) is 0 Å². The highest BCUT2D eigenvalue weighted by atomic mass is 32.2. The van der Waals surface area contributed by atoms with Gasteiger partial charge in [0.05, 0.1) is 0 Å². The van der Waals surface area contributed by atoms with Gasteiger partial charge in [0, 0.05) is 6.07 Å². The maximum absolute atomic E-state index is 13.4. The highest BCUT2D eigenvalue weighted by molar-refractivity contribution is 7.90. The van der Waals surface area contributed by atoms with Crippen LogP contribution in [0.2, 0.25) is 0 Å². The fourth-order valence-corrected chi connectivity index (χ4v) is 2.76. The van der Waals surface area contributed by atoms with Crippen molar-refractivity contribution >= 4 is 15.8 Å². The lowest BCUT2D eigenvalue weighted by Gasteiger charge is -2.02. The van der Waals surface area contributed by atoms with Crippen LogP contribution in [-0.4, -0.2) is 24.7 Å². The number of aromatic nitrogens is 1. The maximum atomic E-state index is 13.4. The molecule has 1 aromatic carbocycles. The summed E-state index contributed by atoms with van der Waals surface area (Å²) in [6, 6.07) is 5.89. The van der Waals surface area contributed by atoms with Gasteiger partial charge in [-0.15, -0.1) is 0 Å². The largest absolute Gasteiger partial charge is 0.476 e. The molecule has 0 aliphatic carbocycles. The number of aromatic carboxylic acids is 1. The molecule has 2 rings (SSSR count). The third-order valence-electron chi connectivity index (χ3n) is 2.28. The van der Waals surface area contributed by atoms with Crippen molar-refractivity contribution in [2.24, 2.45) is 0 Å². The molecule has 19 heavy (non-hydrogen) atoms. The minimum absolute atomic E-state index is 0.166. The van der Waals surface area contributed by atoms with Crippen molar-refractivity contribution in [3.8, 4) is 0 Å². The van der Waals surface area contributed by atoms with Crippen molar-refractivity contribution in [1.82, 2.24) is 5.16 Å². The Bertz CT molecular complexity index is 722. The van der Waals surface area contributed by atoms with Gasteiger partial charge >= 0.3 is 5.97 Å². The molecule has 100 valence electrons. The Hall–Kier alpha value is -2.22. The number of hydrogen-bond donors (Lipinski definition) is 1. The molecule has 0 fully saturated rings. The van der Waals surface area contributed by atoms with Crippen molar-refractivity contribution < 1.29 is 27.2 Å². The number of carbonyl (C=O) groups is 1. The predicted octanol–water partition coefficient (Wildman–Crippen LogP) is 1.49. The summed E-state index contributed by atoms with van der Waals surface area (Å²) in [6.45, 7) is 0. The van der Waals surface area contributed by atoms with Crippen LogP contribution in [0.4, 0.5) is 4.39 Å². The molecule has 0 atom stereocenters. The minimum Gasteiger partial charge on any atom is -0.476 e. The van der Waals surface area contributed by atoms with Crippen molar-refractivity contribution in [3.05, 3.63) is 47.6 Å². The summed E-state index contributed by atoms with van der Waals surface area (Å²) in [6.07, 6.45) is 0. The number of rotatable bonds is 4. The number of hydrogen-bond acceptors (Lipinski definition) is 5. The summed E-state index contributed by atoms with van der Waals surface area (Å²) < 4.78 is 41.8. The number of halogens is 1. The molecular weight excluding hydrogens is 277 g/mol. The van der Waals surface area contributed by atoms with Crippen molar-refractivity contribution in [2.75, 3.05) is 0 Å². The van der Waals surface area contributed by atoms with Crippen LogP contribution >= 0.6 is 0 Å². The molecule has 1 heterocycles. The van der Waals surface area contributed by atoms with Crippen LogP contribution in [0.3, 0.4) is 0 Å². The maximum Gasteiger partial charge on any atom is 0.358 e. The first-order valence-electron chi connectivity index (χ1n) is 5.06. The smallest absolute Gasteiger partial charge is 0.358 e. The Morgan fingerprint density at radius 3 is 2.63 bits per heavy atom. The molecule has 6 nitrogen and oxygen atoms in total. The van der Waals surface area contributed by atoms with Gasteiger partial charge in [0.2, 0.25) is 0 Å². The standard InChI is InChI=1S/C11H8FNO5S/c12-8-3-1-2-4-10(8)19(16,17)6-7-5-9(11(14)15)13-18-7/h1-5H,6H2,(H,14,15). The zero-order chi connectivity index (χ0) is 14.0. The monoisotopic (exact) mass is 285 g/mol. The van der Waals surface area contributed by atoms with Gasteiger partial charge in [0.15, 0.2) is 21.3 Å². The van der Waals surface area contributed by atoms with E-state index in [9.17, 15) is 17.6 Å². The molecule has 0 radical (unpaired) electrons. The molecule has 0 saturated heterocycles. The van der Waals surface area contributed by atoms with E-state index in [1.54, 1.807) is 0 Å². The van der Waals surface area contributed by atoms with E-state index in [1.807, 2.05) is 0 Å². The average Bonchev–Trinajstić information content (AvgIpc) is 2.77. The summed E-state index contributed by atoms with van der Waals surface area (Å²) in [5, 5.41) is 11.8. The van der Waals surface area contributed by atoms with Gasteiger partial charge in [-0.3, -0.25) is 0 Å².